The van der Waals surface area contributed by atoms with Gasteiger partial charge in [-0.05, 0) is 11.0 Å². The molecule has 2 rings (SSSR count). The molecule has 1 aliphatic heterocycles. The van der Waals surface area contributed by atoms with Gasteiger partial charge in [0.1, 0.15) is 4.90 Å². The largest absolute Gasteiger partial charge is 0.432 e. The molecule has 190 valence electrons. The summed E-state index contributed by atoms with van der Waals surface area (Å²) in [6, 6.07) is -0.416. The third-order valence-corrected chi connectivity index (χ3v) is 6.24. The van der Waals surface area contributed by atoms with E-state index in [-0.39, 0.29) is 12.1 Å². The van der Waals surface area contributed by atoms with Gasteiger partial charge in [-0.25, -0.2) is 4.18 Å². The molecule has 0 aliphatic carbocycles. The molecule has 0 saturated carbocycles. The fourth-order valence-corrected chi connectivity index (χ4v) is 4.78. The van der Waals surface area contributed by atoms with Crippen molar-refractivity contribution < 1.29 is 70.4 Å². The lowest BCUT2D eigenvalue weighted by atomic mass is 9.78. The summed E-state index contributed by atoms with van der Waals surface area (Å²) in [5, 5.41) is 9.69. The van der Waals surface area contributed by atoms with Gasteiger partial charge in [0.05, 0.1) is 0 Å². The van der Waals surface area contributed by atoms with Crippen LogP contribution >= 0.6 is 0 Å². The van der Waals surface area contributed by atoms with E-state index in [1.165, 1.54) is 0 Å². The molecular formula is C16H12F12O4S. The van der Waals surface area contributed by atoms with Crippen LogP contribution in [-0.2, 0) is 30.9 Å². The monoisotopic (exact) mass is 528 g/mol. The van der Waals surface area contributed by atoms with Crippen molar-refractivity contribution in [2.24, 2.45) is 0 Å². The molecule has 17 heteroatoms. The van der Waals surface area contributed by atoms with Crippen LogP contribution in [0.15, 0.2) is 17.0 Å². The van der Waals surface area contributed by atoms with Gasteiger partial charge in [-0.1, -0.05) is 32.9 Å². The first-order valence-corrected chi connectivity index (χ1v) is 9.71. The van der Waals surface area contributed by atoms with Crippen molar-refractivity contribution in [1.29, 1.82) is 0 Å². The molecule has 0 saturated heterocycles. The first-order valence-electron chi connectivity index (χ1n) is 8.30. The molecule has 0 fully saturated rings. The molecular weight excluding hydrogens is 516 g/mol. The molecule has 1 N–H and O–H groups in total. The van der Waals surface area contributed by atoms with Gasteiger partial charge in [0.25, 0.3) is 15.7 Å². The van der Waals surface area contributed by atoms with E-state index in [1.807, 2.05) is 0 Å². The van der Waals surface area contributed by atoms with Crippen LogP contribution in [0.4, 0.5) is 52.7 Å². The minimum absolute atomic E-state index is 0.155. The number of alkyl halides is 12. The Bertz CT molecular complexity index is 1030. The van der Waals surface area contributed by atoms with E-state index in [1.54, 1.807) is 0 Å². The standard InChI is InChI=1S/C16H12F12O4S/c1-10(2,3)6-4-7(11(29,13(17,18)19)14(20,21)22)9-8(5-6)12(15(23,24)25,16(26,27)28)32-33(9,30)31/h4-5,29H,1-3H3. The number of hydrogen-bond acceptors (Lipinski definition) is 4. The Morgan fingerprint density at radius 2 is 1.18 bits per heavy atom. The van der Waals surface area contributed by atoms with Gasteiger partial charge in [-0.2, -0.15) is 61.1 Å². The molecule has 1 aliphatic rings. The highest BCUT2D eigenvalue weighted by atomic mass is 32.2. The molecule has 0 bridgehead atoms. The summed E-state index contributed by atoms with van der Waals surface area (Å²) in [4.78, 5) is -2.73. The van der Waals surface area contributed by atoms with Crippen molar-refractivity contribution in [3.63, 3.8) is 0 Å². The molecule has 33 heavy (non-hydrogen) atoms. The second-order valence-corrected chi connectivity index (χ2v) is 9.55. The second-order valence-electron chi connectivity index (χ2n) is 8.07. The Labute approximate surface area is 177 Å². The fourth-order valence-electron chi connectivity index (χ4n) is 3.14. The maximum Gasteiger partial charge on any atom is 0.432 e. The first kappa shape index (κ1) is 27.5. The van der Waals surface area contributed by atoms with Gasteiger partial charge in [0, 0.05) is 11.1 Å². The molecule has 1 aromatic carbocycles. The van der Waals surface area contributed by atoms with Gasteiger partial charge in [-0.3, -0.25) is 0 Å². The molecule has 4 nitrogen and oxygen atoms in total. The van der Waals surface area contributed by atoms with E-state index in [0.717, 1.165) is 20.8 Å². The maximum absolute atomic E-state index is 13.6. The molecule has 0 radical (unpaired) electrons. The minimum atomic E-state index is -6.83. The molecule has 0 aromatic heterocycles. The molecule has 0 unspecified atom stereocenters. The topological polar surface area (TPSA) is 63.6 Å². The third kappa shape index (κ3) is 3.75. The van der Waals surface area contributed by atoms with Crippen LogP contribution in [0.25, 0.3) is 0 Å². The highest BCUT2D eigenvalue weighted by molar-refractivity contribution is 7.87. The van der Waals surface area contributed by atoms with Crippen LogP contribution in [0.1, 0.15) is 37.5 Å². The average molecular weight is 528 g/mol. The summed E-state index contributed by atoms with van der Waals surface area (Å²) in [5.41, 5.74) is -20.1. The van der Waals surface area contributed by atoms with Crippen LogP contribution in [-0.4, -0.2) is 38.2 Å². The molecule has 0 atom stereocenters. The Morgan fingerprint density at radius 3 is 1.48 bits per heavy atom. The van der Waals surface area contributed by atoms with E-state index in [4.69, 9.17) is 0 Å². The van der Waals surface area contributed by atoms with Crippen LogP contribution < -0.4 is 0 Å². The summed E-state index contributed by atoms with van der Waals surface area (Å²) >= 11 is 0. The van der Waals surface area contributed by atoms with Crippen molar-refractivity contribution in [2.45, 2.75) is 67.0 Å². The summed E-state index contributed by atoms with van der Waals surface area (Å²) < 4.78 is 190. The Hall–Kier alpha value is -1.75. The van der Waals surface area contributed by atoms with E-state index in [0.29, 0.717) is 0 Å². The van der Waals surface area contributed by atoms with Crippen molar-refractivity contribution in [1.82, 2.24) is 0 Å². The number of halogens is 12. The average Bonchev–Trinajstić information content (AvgIpc) is 2.79. The third-order valence-electron chi connectivity index (χ3n) is 4.83. The quantitative estimate of drug-likeness (QED) is 0.395. The summed E-state index contributed by atoms with van der Waals surface area (Å²) in [6.07, 6.45) is -27.1. The van der Waals surface area contributed by atoms with Crippen LogP contribution in [0.5, 0.6) is 0 Å². The minimum Gasteiger partial charge on any atom is -0.369 e. The molecule has 1 aromatic rings. The zero-order chi connectivity index (χ0) is 26.4. The van der Waals surface area contributed by atoms with Crippen molar-refractivity contribution in [2.75, 3.05) is 0 Å². The van der Waals surface area contributed by atoms with E-state index in [9.17, 15) is 66.2 Å². The summed E-state index contributed by atoms with van der Waals surface area (Å²) in [5.74, 6) is 0. The SMILES string of the molecule is CC(C)(C)c1cc(C(O)(C(F)(F)F)C(F)(F)F)c2c(c1)C(C(F)(F)F)(C(F)(F)F)OS2(=O)=O. The van der Waals surface area contributed by atoms with E-state index >= 15 is 0 Å². The zero-order valence-corrected chi connectivity index (χ0v) is 17.1. The summed E-state index contributed by atoms with van der Waals surface area (Å²) in [7, 11) is -6.58. The Kier molecular flexibility index (Phi) is 5.75. The number of rotatable bonds is 1. The number of hydrogen-bond donors (Lipinski definition) is 1. The molecule has 0 spiro atoms. The van der Waals surface area contributed by atoms with E-state index in [2.05, 4.69) is 4.18 Å². The highest BCUT2D eigenvalue weighted by Gasteiger charge is 2.81. The highest BCUT2D eigenvalue weighted by Crippen LogP contribution is 2.62. The van der Waals surface area contributed by atoms with Crippen molar-refractivity contribution in [3.8, 4) is 0 Å². The number of fused-ring (bicyclic) bond motifs is 1. The summed E-state index contributed by atoms with van der Waals surface area (Å²) in [6.45, 7) is 2.98. The Morgan fingerprint density at radius 1 is 0.788 bits per heavy atom. The maximum atomic E-state index is 13.6. The van der Waals surface area contributed by atoms with E-state index < -0.39 is 73.0 Å². The smallest absolute Gasteiger partial charge is 0.369 e. The van der Waals surface area contributed by atoms with Gasteiger partial charge < -0.3 is 5.11 Å². The molecule has 1 heterocycles. The predicted octanol–water partition coefficient (Wildman–Crippen LogP) is 5.34. The number of benzene rings is 1. The van der Waals surface area contributed by atoms with Crippen molar-refractivity contribution in [3.05, 3.63) is 28.8 Å². The second kappa shape index (κ2) is 6.90. The van der Waals surface area contributed by atoms with Crippen LogP contribution in [0.3, 0.4) is 0 Å². The molecule has 0 amide bonds. The zero-order valence-electron chi connectivity index (χ0n) is 16.3. The normalized spacial score (nSPS) is 19.5. The lowest BCUT2D eigenvalue weighted by Crippen LogP contribution is -2.55. The number of aliphatic hydroxyl groups is 1. The Balaban J connectivity index is 3.33. The lowest BCUT2D eigenvalue weighted by Gasteiger charge is -2.36. The lowest BCUT2D eigenvalue weighted by molar-refractivity contribution is -0.377. The van der Waals surface area contributed by atoms with Crippen LogP contribution in [0.2, 0.25) is 0 Å². The van der Waals surface area contributed by atoms with Gasteiger partial charge in [0.15, 0.2) is 0 Å². The van der Waals surface area contributed by atoms with Crippen molar-refractivity contribution >= 4 is 10.1 Å². The first-order chi connectivity index (χ1) is 14.2. The fraction of sp³-hybridized carbons (Fsp3) is 0.625. The van der Waals surface area contributed by atoms with Gasteiger partial charge >= 0.3 is 30.3 Å². The van der Waals surface area contributed by atoms with Gasteiger partial charge in [0.2, 0.25) is 0 Å². The van der Waals surface area contributed by atoms with Gasteiger partial charge in [-0.15, -0.1) is 0 Å². The van der Waals surface area contributed by atoms with Crippen LogP contribution in [0, 0.1) is 0 Å². The predicted molar refractivity (Wildman–Crippen MR) is 83.2 cm³/mol.